The third kappa shape index (κ3) is 6.50. The summed E-state index contributed by atoms with van der Waals surface area (Å²) in [5, 5.41) is 7.19. The Labute approximate surface area is 184 Å². The molecule has 6 nitrogen and oxygen atoms in total. The molecule has 0 heterocycles. The molecule has 1 aliphatic rings. The number of benzene rings is 2. The topological polar surface area (TPSA) is 96.2 Å². The van der Waals surface area contributed by atoms with Crippen LogP contribution in [0.1, 0.15) is 48.9 Å². The van der Waals surface area contributed by atoms with Gasteiger partial charge in [0.2, 0.25) is 10.0 Å². The predicted molar refractivity (Wildman–Crippen MR) is 125 cm³/mol. The minimum absolute atomic E-state index is 0.0627. The first-order valence-corrected chi connectivity index (χ1v) is 12.5. The maximum Gasteiger partial charge on any atom is 0.209 e. The number of sulfonamides is 1. The summed E-state index contributed by atoms with van der Waals surface area (Å²) < 4.78 is 27.2. The predicted octanol–water partition coefficient (Wildman–Crippen LogP) is 2.75. The minimum atomic E-state index is -3.47. The zero-order chi connectivity index (χ0) is 21.6. The molecule has 2 aromatic carbocycles. The number of rotatable bonds is 7. The lowest BCUT2D eigenvalue weighted by atomic mass is 9.91. The number of nitrogens with two attached hydrogens (primary N) is 1. The average molecular weight is 447 g/mol. The number of nitrogens with one attached hydrogen (secondary N) is 3. The molecule has 0 amide bonds. The number of hydrogen-bond acceptors (Lipinski definition) is 4. The largest absolute Gasteiger partial charge is 0.358 e. The second-order valence-corrected chi connectivity index (χ2v) is 10.0. The maximum atomic E-state index is 12.2. The normalized spacial score (nSPS) is 21.4. The molecule has 0 saturated heterocycles. The highest BCUT2D eigenvalue weighted by atomic mass is 32.2. The van der Waals surface area contributed by atoms with Gasteiger partial charge in [-0.05, 0) is 36.2 Å². The van der Waals surface area contributed by atoms with Gasteiger partial charge >= 0.3 is 0 Å². The summed E-state index contributed by atoms with van der Waals surface area (Å²) in [7, 11) is -3.47. The Morgan fingerprint density at radius 3 is 2.03 bits per heavy atom. The SMILES string of the molecule is CS(=O)(=O)N[C@H](c1ccccc1)[C@H](NC(=S)N[C@@H]1CCCC[C@H]1N)c1ccccc1. The molecule has 2 aromatic rings. The van der Waals surface area contributed by atoms with Gasteiger partial charge in [0.05, 0.1) is 18.3 Å². The Balaban J connectivity index is 1.89. The van der Waals surface area contributed by atoms with Crippen molar-refractivity contribution in [3.8, 4) is 0 Å². The number of thiocarbonyl (C=S) groups is 1. The molecule has 0 unspecified atom stereocenters. The van der Waals surface area contributed by atoms with E-state index in [1.165, 1.54) is 6.26 Å². The highest BCUT2D eigenvalue weighted by Gasteiger charge is 2.29. The molecule has 1 fully saturated rings. The van der Waals surface area contributed by atoms with E-state index in [9.17, 15) is 8.42 Å². The zero-order valence-electron chi connectivity index (χ0n) is 17.1. The van der Waals surface area contributed by atoms with Crippen molar-refractivity contribution in [2.24, 2.45) is 5.73 Å². The van der Waals surface area contributed by atoms with Crippen molar-refractivity contribution in [3.05, 3.63) is 71.8 Å². The molecular weight excluding hydrogens is 416 g/mol. The number of hydrogen-bond donors (Lipinski definition) is 4. The van der Waals surface area contributed by atoms with Crippen LogP contribution in [0.4, 0.5) is 0 Å². The minimum Gasteiger partial charge on any atom is -0.358 e. The van der Waals surface area contributed by atoms with Gasteiger partial charge in [0.25, 0.3) is 0 Å². The van der Waals surface area contributed by atoms with Gasteiger partial charge in [-0.1, -0.05) is 73.5 Å². The van der Waals surface area contributed by atoms with Crippen LogP contribution in [-0.4, -0.2) is 31.9 Å². The summed E-state index contributed by atoms with van der Waals surface area (Å²) in [4.78, 5) is 0. The highest BCUT2D eigenvalue weighted by Crippen LogP contribution is 2.30. The van der Waals surface area contributed by atoms with Gasteiger partial charge in [-0.15, -0.1) is 0 Å². The van der Waals surface area contributed by atoms with Crippen LogP contribution in [0.5, 0.6) is 0 Å². The van der Waals surface area contributed by atoms with E-state index in [2.05, 4.69) is 15.4 Å². The first kappa shape index (κ1) is 22.7. The Bertz CT molecular complexity index is 923. The van der Waals surface area contributed by atoms with Crippen molar-refractivity contribution in [3.63, 3.8) is 0 Å². The van der Waals surface area contributed by atoms with E-state index < -0.39 is 22.1 Å². The van der Waals surface area contributed by atoms with Crippen LogP contribution in [0.25, 0.3) is 0 Å². The van der Waals surface area contributed by atoms with Gasteiger partial charge in [-0.3, -0.25) is 0 Å². The molecule has 4 atom stereocenters. The Morgan fingerprint density at radius 2 is 1.50 bits per heavy atom. The van der Waals surface area contributed by atoms with Gasteiger partial charge in [-0.2, -0.15) is 0 Å². The molecule has 0 aromatic heterocycles. The van der Waals surface area contributed by atoms with Crippen molar-refractivity contribution >= 4 is 27.4 Å². The van der Waals surface area contributed by atoms with E-state index in [1.54, 1.807) is 0 Å². The van der Waals surface area contributed by atoms with Gasteiger partial charge in [-0.25, -0.2) is 13.1 Å². The lowest BCUT2D eigenvalue weighted by Crippen LogP contribution is -2.53. The molecular formula is C22H30N4O2S2. The Morgan fingerprint density at radius 1 is 0.967 bits per heavy atom. The molecule has 3 rings (SSSR count). The average Bonchev–Trinajstić information content (AvgIpc) is 2.73. The smallest absolute Gasteiger partial charge is 0.209 e. The summed E-state index contributed by atoms with van der Waals surface area (Å²) >= 11 is 5.62. The monoisotopic (exact) mass is 446 g/mol. The molecule has 0 spiro atoms. The van der Waals surface area contributed by atoms with Gasteiger partial charge in [0.1, 0.15) is 0 Å². The maximum absolute atomic E-state index is 12.2. The van der Waals surface area contributed by atoms with Crippen molar-refractivity contribution in [1.82, 2.24) is 15.4 Å². The van der Waals surface area contributed by atoms with Crippen molar-refractivity contribution < 1.29 is 8.42 Å². The molecule has 8 heteroatoms. The Kier molecular flexibility index (Phi) is 7.82. The molecule has 1 saturated carbocycles. The lowest BCUT2D eigenvalue weighted by Gasteiger charge is -2.34. The van der Waals surface area contributed by atoms with E-state index in [-0.39, 0.29) is 12.1 Å². The van der Waals surface area contributed by atoms with Crippen LogP contribution in [0.3, 0.4) is 0 Å². The first-order chi connectivity index (χ1) is 14.3. The third-order valence-corrected chi connectivity index (χ3v) is 6.33. The Hall–Kier alpha value is -2.00. The van der Waals surface area contributed by atoms with E-state index in [4.69, 9.17) is 18.0 Å². The van der Waals surface area contributed by atoms with Crippen LogP contribution in [0.2, 0.25) is 0 Å². The summed E-state index contributed by atoms with van der Waals surface area (Å²) in [5.41, 5.74) is 8.04. The fourth-order valence-corrected chi connectivity index (χ4v) is 4.94. The third-order valence-electron chi connectivity index (χ3n) is 5.41. The van der Waals surface area contributed by atoms with E-state index in [1.807, 2.05) is 60.7 Å². The fraction of sp³-hybridized carbons (Fsp3) is 0.409. The standard InChI is InChI=1S/C22H30N4O2S2/c1-30(27,28)26-21(17-12-6-3-7-13-17)20(16-10-4-2-5-11-16)25-22(29)24-19-15-9-8-14-18(19)23/h2-7,10-13,18-21,26H,8-9,14-15,23H2,1H3,(H2,24,25,29)/t18-,19-,20-,21-/m1/s1. The van der Waals surface area contributed by atoms with E-state index in [0.29, 0.717) is 5.11 Å². The quantitative estimate of drug-likeness (QED) is 0.489. The highest BCUT2D eigenvalue weighted by molar-refractivity contribution is 7.88. The van der Waals surface area contributed by atoms with Gasteiger partial charge < -0.3 is 16.4 Å². The molecule has 30 heavy (non-hydrogen) atoms. The summed E-state index contributed by atoms with van der Waals surface area (Å²) in [6.45, 7) is 0. The summed E-state index contributed by atoms with van der Waals surface area (Å²) in [6.07, 6.45) is 5.38. The fourth-order valence-electron chi connectivity index (χ4n) is 3.93. The molecule has 0 aliphatic heterocycles. The van der Waals surface area contributed by atoms with Crippen LogP contribution < -0.4 is 21.1 Å². The lowest BCUT2D eigenvalue weighted by molar-refractivity contribution is 0.356. The van der Waals surface area contributed by atoms with Crippen LogP contribution >= 0.6 is 12.2 Å². The molecule has 1 aliphatic carbocycles. The summed E-state index contributed by atoms with van der Waals surface area (Å²) in [6, 6.07) is 18.5. The van der Waals surface area contributed by atoms with Crippen molar-refractivity contribution in [2.45, 2.75) is 49.9 Å². The van der Waals surface area contributed by atoms with E-state index in [0.717, 1.165) is 36.8 Å². The van der Waals surface area contributed by atoms with Crippen molar-refractivity contribution in [1.29, 1.82) is 0 Å². The molecule has 162 valence electrons. The second kappa shape index (κ2) is 10.3. The molecule has 0 radical (unpaired) electrons. The van der Waals surface area contributed by atoms with Gasteiger partial charge in [0.15, 0.2) is 5.11 Å². The van der Waals surface area contributed by atoms with Crippen molar-refractivity contribution in [2.75, 3.05) is 6.26 Å². The molecule has 0 bridgehead atoms. The second-order valence-electron chi connectivity index (χ2n) is 7.84. The van der Waals surface area contributed by atoms with Gasteiger partial charge in [0, 0.05) is 12.1 Å². The van der Waals surface area contributed by atoms with E-state index >= 15 is 0 Å². The zero-order valence-corrected chi connectivity index (χ0v) is 18.8. The molecule has 5 N–H and O–H groups in total. The van der Waals surface area contributed by atoms with Crippen LogP contribution in [0.15, 0.2) is 60.7 Å². The van der Waals surface area contributed by atoms with Crippen LogP contribution in [-0.2, 0) is 10.0 Å². The first-order valence-electron chi connectivity index (χ1n) is 10.2. The summed E-state index contributed by atoms with van der Waals surface area (Å²) in [5.74, 6) is 0. The van der Waals surface area contributed by atoms with Crippen LogP contribution in [0, 0.1) is 0 Å².